The minimum atomic E-state index is 0.0202. The van der Waals surface area contributed by atoms with Crippen molar-refractivity contribution in [3.63, 3.8) is 0 Å². The first-order chi connectivity index (χ1) is 9.85. The molecule has 4 heteroatoms. The van der Waals surface area contributed by atoms with E-state index in [1.807, 2.05) is 13.0 Å². The molecule has 0 bridgehead atoms. The summed E-state index contributed by atoms with van der Waals surface area (Å²) in [5.74, 6) is 0.784. The third kappa shape index (κ3) is 2.79. The Morgan fingerprint density at radius 1 is 1.29 bits per heavy atom. The van der Waals surface area contributed by atoms with Gasteiger partial charge < -0.3 is 14.6 Å². The standard InChI is InChI=1S/C17H22N2O2/c1-10(7-11(2)20)18-15-8-14-12(3)13(4)19(5)16(14)9-17(15)21-6/h7-9,18H,1-6H3/b10-7+. The number of carbonyl (C=O) groups is 1. The highest BCUT2D eigenvalue weighted by Crippen LogP contribution is 2.34. The number of rotatable bonds is 4. The number of aromatic nitrogens is 1. The summed E-state index contributed by atoms with van der Waals surface area (Å²) in [6.07, 6.45) is 1.58. The SMILES string of the molecule is COc1cc2c(cc1N/C(C)=C/C(C)=O)c(C)c(C)n2C. The maximum absolute atomic E-state index is 11.2. The van der Waals surface area contributed by atoms with Crippen LogP contribution < -0.4 is 10.1 Å². The van der Waals surface area contributed by atoms with Gasteiger partial charge in [0.15, 0.2) is 5.78 Å². The van der Waals surface area contributed by atoms with Crippen LogP contribution in [0, 0.1) is 13.8 Å². The Balaban J connectivity index is 2.58. The van der Waals surface area contributed by atoms with Crippen LogP contribution in [0.4, 0.5) is 5.69 Å². The van der Waals surface area contributed by atoms with Crippen LogP contribution in [-0.4, -0.2) is 17.5 Å². The molecule has 2 rings (SSSR count). The largest absolute Gasteiger partial charge is 0.494 e. The second-order valence-electron chi connectivity index (χ2n) is 5.40. The van der Waals surface area contributed by atoms with Gasteiger partial charge in [0.05, 0.1) is 18.3 Å². The zero-order chi connectivity index (χ0) is 15.7. The molecule has 0 atom stereocenters. The Kier molecular flexibility index (Phi) is 4.07. The number of ketones is 1. The normalized spacial score (nSPS) is 11.8. The minimum Gasteiger partial charge on any atom is -0.494 e. The lowest BCUT2D eigenvalue weighted by atomic mass is 10.1. The fraction of sp³-hybridized carbons (Fsp3) is 0.353. The fourth-order valence-corrected chi connectivity index (χ4v) is 2.59. The van der Waals surface area contributed by atoms with Crippen molar-refractivity contribution in [3.05, 3.63) is 35.2 Å². The van der Waals surface area contributed by atoms with Gasteiger partial charge in [-0.25, -0.2) is 0 Å². The molecule has 1 heterocycles. The van der Waals surface area contributed by atoms with Crippen molar-refractivity contribution in [2.24, 2.45) is 7.05 Å². The van der Waals surface area contributed by atoms with Crippen LogP contribution in [0.2, 0.25) is 0 Å². The first-order valence-electron chi connectivity index (χ1n) is 6.94. The molecule has 0 aliphatic rings. The maximum Gasteiger partial charge on any atom is 0.154 e. The van der Waals surface area contributed by atoms with Crippen LogP contribution in [0.25, 0.3) is 10.9 Å². The highest BCUT2D eigenvalue weighted by molar-refractivity contribution is 5.92. The summed E-state index contributed by atoms with van der Waals surface area (Å²) in [6, 6.07) is 4.10. The van der Waals surface area contributed by atoms with Gasteiger partial charge in [-0.05, 0) is 45.4 Å². The van der Waals surface area contributed by atoms with Crippen molar-refractivity contribution in [2.45, 2.75) is 27.7 Å². The van der Waals surface area contributed by atoms with E-state index in [9.17, 15) is 4.79 Å². The third-order valence-electron chi connectivity index (χ3n) is 3.88. The fourth-order valence-electron chi connectivity index (χ4n) is 2.59. The molecular weight excluding hydrogens is 264 g/mol. The van der Waals surface area contributed by atoms with E-state index < -0.39 is 0 Å². The lowest BCUT2D eigenvalue weighted by Crippen LogP contribution is -2.01. The average molecular weight is 286 g/mol. The molecule has 0 saturated heterocycles. The van der Waals surface area contributed by atoms with Crippen molar-refractivity contribution < 1.29 is 9.53 Å². The van der Waals surface area contributed by atoms with Crippen LogP contribution in [0.1, 0.15) is 25.1 Å². The molecule has 0 saturated carbocycles. The van der Waals surface area contributed by atoms with E-state index in [1.54, 1.807) is 13.2 Å². The molecule has 1 N–H and O–H groups in total. The number of fused-ring (bicyclic) bond motifs is 1. The number of hydrogen-bond donors (Lipinski definition) is 1. The van der Waals surface area contributed by atoms with Crippen LogP contribution in [0.5, 0.6) is 5.75 Å². The zero-order valence-electron chi connectivity index (χ0n) is 13.5. The summed E-state index contributed by atoms with van der Waals surface area (Å²) in [6.45, 7) is 7.63. The molecule has 112 valence electrons. The van der Waals surface area contributed by atoms with E-state index >= 15 is 0 Å². The number of carbonyl (C=O) groups excluding carboxylic acids is 1. The van der Waals surface area contributed by atoms with E-state index in [4.69, 9.17) is 4.74 Å². The Morgan fingerprint density at radius 2 is 1.95 bits per heavy atom. The summed E-state index contributed by atoms with van der Waals surface area (Å²) in [7, 11) is 3.71. The number of ether oxygens (including phenoxy) is 1. The number of allylic oxidation sites excluding steroid dienone is 2. The predicted molar refractivity (Wildman–Crippen MR) is 87.0 cm³/mol. The van der Waals surface area contributed by atoms with Crippen molar-refractivity contribution >= 4 is 22.4 Å². The van der Waals surface area contributed by atoms with E-state index in [-0.39, 0.29) is 5.78 Å². The van der Waals surface area contributed by atoms with E-state index in [1.165, 1.54) is 23.6 Å². The Hall–Kier alpha value is -2.23. The maximum atomic E-state index is 11.2. The topological polar surface area (TPSA) is 43.3 Å². The lowest BCUT2D eigenvalue weighted by molar-refractivity contribution is -0.112. The van der Waals surface area contributed by atoms with Gasteiger partial charge in [0, 0.05) is 29.9 Å². The smallest absolute Gasteiger partial charge is 0.154 e. The molecule has 1 aromatic heterocycles. The number of nitrogens with zero attached hydrogens (tertiary/aromatic N) is 1. The molecule has 0 amide bonds. The first-order valence-corrected chi connectivity index (χ1v) is 6.94. The van der Waals surface area contributed by atoms with Crippen molar-refractivity contribution in [1.29, 1.82) is 0 Å². The molecule has 0 radical (unpaired) electrons. The molecule has 0 aliphatic carbocycles. The van der Waals surface area contributed by atoms with Gasteiger partial charge >= 0.3 is 0 Å². The number of methoxy groups -OCH3 is 1. The molecule has 2 aromatic rings. The van der Waals surface area contributed by atoms with Gasteiger partial charge in [0.1, 0.15) is 5.75 Å². The van der Waals surface area contributed by atoms with Crippen LogP contribution in [0.15, 0.2) is 23.9 Å². The highest BCUT2D eigenvalue weighted by Gasteiger charge is 2.13. The van der Waals surface area contributed by atoms with E-state index in [0.717, 1.165) is 22.7 Å². The van der Waals surface area contributed by atoms with Gasteiger partial charge in [-0.2, -0.15) is 0 Å². The highest BCUT2D eigenvalue weighted by atomic mass is 16.5. The molecular formula is C17H22N2O2. The van der Waals surface area contributed by atoms with Crippen molar-refractivity contribution in [1.82, 2.24) is 4.57 Å². The number of benzene rings is 1. The number of nitrogens with one attached hydrogen (secondary N) is 1. The van der Waals surface area contributed by atoms with E-state index in [0.29, 0.717) is 0 Å². The predicted octanol–water partition coefficient (Wildman–Crippen LogP) is 3.71. The quantitative estimate of drug-likeness (QED) is 0.871. The third-order valence-corrected chi connectivity index (χ3v) is 3.88. The second-order valence-corrected chi connectivity index (χ2v) is 5.40. The van der Waals surface area contributed by atoms with Gasteiger partial charge in [-0.1, -0.05) is 0 Å². The van der Waals surface area contributed by atoms with Crippen LogP contribution in [0.3, 0.4) is 0 Å². The minimum absolute atomic E-state index is 0.0202. The molecule has 4 nitrogen and oxygen atoms in total. The number of anilines is 1. The summed E-state index contributed by atoms with van der Waals surface area (Å²) in [5.41, 5.74) is 5.30. The second kappa shape index (κ2) is 5.64. The van der Waals surface area contributed by atoms with Gasteiger partial charge in [-0.3, -0.25) is 4.79 Å². The van der Waals surface area contributed by atoms with Crippen molar-refractivity contribution in [2.75, 3.05) is 12.4 Å². The summed E-state index contributed by atoms with van der Waals surface area (Å²) >= 11 is 0. The Bertz CT molecular complexity index is 739. The molecule has 21 heavy (non-hydrogen) atoms. The Morgan fingerprint density at radius 3 is 2.52 bits per heavy atom. The summed E-state index contributed by atoms with van der Waals surface area (Å²) < 4.78 is 7.64. The molecule has 0 aliphatic heterocycles. The van der Waals surface area contributed by atoms with Gasteiger partial charge in [-0.15, -0.1) is 0 Å². The van der Waals surface area contributed by atoms with Crippen molar-refractivity contribution in [3.8, 4) is 5.75 Å². The monoisotopic (exact) mass is 286 g/mol. The zero-order valence-corrected chi connectivity index (χ0v) is 13.5. The summed E-state index contributed by atoms with van der Waals surface area (Å²) in [4.78, 5) is 11.2. The molecule has 0 spiro atoms. The van der Waals surface area contributed by atoms with Crippen LogP contribution >= 0.6 is 0 Å². The van der Waals surface area contributed by atoms with Crippen LogP contribution in [-0.2, 0) is 11.8 Å². The molecule has 0 unspecified atom stereocenters. The first kappa shape index (κ1) is 15.2. The number of hydrogen-bond acceptors (Lipinski definition) is 3. The summed E-state index contributed by atoms with van der Waals surface area (Å²) in [5, 5.41) is 4.44. The molecule has 0 fully saturated rings. The molecule has 1 aromatic carbocycles. The van der Waals surface area contributed by atoms with Gasteiger partial charge in [0.2, 0.25) is 0 Å². The number of aryl methyl sites for hydroxylation is 2. The average Bonchev–Trinajstić information content (AvgIpc) is 2.62. The van der Waals surface area contributed by atoms with Gasteiger partial charge in [0.25, 0.3) is 0 Å². The lowest BCUT2D eigenvalue weighted by Gasteiger charge is -2.12. The Labute approximate surface area is 125 Å². The van der Waals surface area contributed by atoms with E-state index in [2.05, 4.69) is 36.8 Å².